The van der Waals surface area contributed by atoms with Gasteiger partial charge in [-0.25, -0.2) is 9.59 Å². The molecule has 0 unspecified atom stereocenters. The SMILES string of the molecule is CCOC(=O)C(Cc1ccccc1)(OC[C@H]1OC[C@H](OC(C)=O)[C@]1(C)OC(C)=O)C(=O)OCC. The molecule has 2 rings (SSSR count). The molecule has 1 aromatic carbocycles. The Morgan fingerprint density at radius 3 is 2.09 bits per heavy atom. The van der Waals surface area contributed by atoms with E-state index < -0.39 is 47.3 Å². The Morgan fingerprint density at radius 2 is 1.59 bits per heavy atom. The lowest BCUT2D eigenvalue weighted by atomic mass is 9.92. The molecule has 0 N–H and O–H groups in total. The van der Waals surface area contributed by atoms with E-state index in [-0.39, 0.29) is 32.8 Å². The second kappa shape index (κ2) is 11.9. The Bertz CT molecular complexity index is 850. The molecule has 0 aromatic heterocycles. The molecule has 188 valence electrons. The summed E-state index contributed by atoms with van der Waals surface area (Å²) in [5.41, 5.74) is -2.91. The molecule has 3 atom stereocenters. The molecule has 1 fully saturated rings. The lowest BCUT2D eigenvalue weighted by Crippen LogP contribution is -2.56. The van der Waals surface area contributed by atoms with Crippen LogP contribution >= 0.6 is 0 Å². The topological polar surface area (TPSA) is 124 Å². The van der Waals surface area contributed by atoms with Crippen LogP contribution in [0.25, 0.3) is 0 Å². The fraction of sp³-hybridized carbons (Fsp3) is 0.583. The molecule has 0 aliphatic carbocycles. The fourth-order valence-electron chi connectivity index (χ4n) is 3.74. The van der Waals surface area contributed by atoms with Crippen LogP contribution in [0.4, 0.5) is 0 Å². The maximum atomic E-state index is 13.1. The summed E-state index contributed by atoms with van der Waals surface area (Å²) in [5.74, 6) is -3.03. The van der Waals surface area contributed by atoms with Crippen LogP contribution < -0.4 is 0 Å². The second-order valence-electron chi connectivity index (χ2n) is 7.94. The van der Waals surface area contributed by atoms with Crippen LogP contribution in [0, 0.1) is 0 Å². The van der Waals surface area contributed by atoms with Crippen LogP contribution in [-0.2, 0) is 54.0 Å². The monoisotopic (exact) mass is 480 g/mol. The first-order chi connectivity index (χ1) is 16.1. The van der Waals surface area contributed by atoms with E-state index in [1.54, 1.807) is 44.2 Å². The van der Waals surface area contributed by atoms with E-state index in [1.165, 1.54) is 20.8 Å². The number of rotatable bonds is 11. The Kier molecular flexibility index (Phi) is 9.57. The first kappa shape index (κ1) is 27.3. The number of ether oxygens (including phenoxy) is 6. The van der Waals surface area contributed by atoms with Crippen molar-refractivity contribution in [2.75, 3.05) is 26.4 Å². The van der Waals surface area contributed by atoms with Gasteiger partial charge in [0.25, 0.3) is 5.60 Å². The minimum absolute atomic E-state index is 0.0117. The zero-order valence-corrected chi connectivity index (χ0v) is 20.2. The predicted octanol–water partition coefficient (Wildman–Crippen LogP) is 1.76. The molecule has 1 saturated heterocycles. The summed E-state index contributed by atoms with van der Waals surface area (Å²) in [7, 11) is 0. The summed E-state index contributed by atoms with van der Waals surface area (Å²) >= 11 is 0. The maximum Gasteiger partial charge on any atom is 0.350 e. The van der Waals surface area contributed by atoms with Gasteiger partial charge >= 0.3 is 23.9 Å². The summed E-state index contributed by atoms with van der Waals surface area (Å²) in [6.45, 7) is 6.80. The van der Waals surface area contributed by atoms with Gasteiger partial charge in [0.2, 0.25) is 0 Å². The summed E-state index contributed by atoms with van der Waals surface area (Å²) in [6.07, 6.45) is -2.02. The average Bonchev–Trinajstić information content (AvgIpc) is 3.05. The van der Waals surface area contributed by atoms with Crippen LogP contribution in [0.15, 0.2) is 30.3 Å². The van der Waals surface area contributed by atoms with Gasteiger partial charge in [0.15, 0.2) is 11.7 Å². The summed E-state index contributed by atoms with van der Waals surface area (Å²) < 4.78 is 32.8. The normalized spacial score (nSPS) is 22.0. The molecule has 0 spiro atoms. The van der Waals surface area contributed by atoms with Gasteiger partial charge in [-0.1, -0.05) is 30.3 Å². The van der Waals surface area contributed by atoms with E-state index in [2.05, 4.69) is 0 Å². The first-order valence-corrected chi connectivity index (χ1v) is 11.1. The van der Waals surface area contributed by atoms with Crippen LogP contribution in [-0.4, -0.2) is 73.7 Å². The third kappa shape index (κ3) is 6.32. The van der Waals surface area contributed by atoms with Gasteiger partial charge in [0.1, 0.15) is 6.10 Å². The molecule has 34 heavy (non-hydrogen) atoms. The lowest BCUT2D eigenvalue weighted by Gasteiger charge is -2.35. The average molecular weight is 481 g/mol. The highest BCUT2D eigenvalue weighted by molar-refractivity contribution is 6.04. The Morgan fingerprint density at radius 1 is 1.00 bits per heavy atom. The molecule has 0 saturated carbocycles. The zero-order chi connectivity index (χ0) is 25.4. The molecular weight excluding hydrogens is 448 g/mol. The van der Waals surface area contributed by atoms with Crippen molar-refractivity contribution in [3.8, 4) is 0 Å². The van der Waals surface area contributed by atoms with Crippen molar-refractivity contribution < 1.29 is 47.6 Å². The van der Waals surface area contributed by atoms with Crippen LogP contribution in [0.3, 0.4) is 0 Å². The van der Waals surface area contributed by atoms with Crippen LogP contribution in [0.1, 0.15) is 40.2 Å². The summed E-state index contributed by atoms with van der Waals surface area (Å²) in [4.78, 5) is 49.5. The number of carbonyl (C=O) groups excluding carboxylic acids is 4. The largest absolute Gasteiger partial charge is 0.463 e. The van der Waals surface area contributed by atoms with E-state index in [4.69, 9.17) is 28.4 Å². The predicted molar refractivity (Wildman–Crippen MR) is 118 cm³/mol. The molecule has 1 aliphatic rings. The highest BCUT2D eigenvalue weighted by Gasteiger charge is 2.56. The van der Waals surface area contributed by atoms with Gasteiger partial charge in [0.05, 0.1) is 26.4 Å². The van der Waals surface area contributed by atoms with Crippen molar-refractivity contribution >= 4 is 23.9 Å². The summed E-state index contributed by atoms with van der Waals surface area (Å²) in [5, 5.41) is 0. The molecule has 1 aromatic rings. The van der Waals surface area contributed by atoms with E-state index in [0.29, 0.717) is 5.56 Å². The van der Waals surface area contributed by atoms with E-state index in [9.17, 15) is 19.2 Å². The zero-order valence-electron chi connectivity index (χ0n) is 20.2. The molecule has 0 amide bonds. The molecule has 1 heterocycles. The standard InChI is InChI=1S/C24H32O10/c1-6-29-21(27)24(22(28)30-7-2,13-18-11-9-8-10-12-18)32-15-19-23(5,34-17(4)26)20(14-31-19)33-16(3)25/h8-12,19-20H,6-7,13-15H2,1-5H3/t19-,20+,23-/m1/s1. The smallest absolute Gasteiger partial charge is 0.350 e. The lowest BCUT2D eigenvalue weighted by molar-refractivity contribution is -0.203. The van der Waals surface area contributed by atoms with Gasteiger partial charge < -0.3 is 28.4 Å². The number of hydrogen-bond donors (Lipinski definition) is 0. The van der Waals surface area contributed by atoms with Crippen LogP contribution in [0.5, 0.6) is 0 Å². The molecule has 1 aliphatic heterocycles. The van der Waals surface area contributed by atoms with E-state index >= 15 is 0 Å². The highest BCUT2D eigenvalue weighted by atomic mass is 16.7. The van der Waals surface area contributed by atoms with Crippen molar-refractivity contribution in [1.82, 2.24) is 0 Å². The second-order valence-corrected chi connectivity index (χ2v) is 7.94. The Labute approximate surface area is 198 Å². The van der Waals surface area contributed by atoms with Gasteiger partial charge in [-0.05, 0) is 26.3 Å². The minimum Gasteiger partial charge on any atom is -0.463 e. The first-order valence-electron chi connectivity index (χ1n) is 11.1. The highest BCUT2D eigenvalue weighted by Crippen LogP contribution is 2.34. The van der Waals surface area contributed by atoms with Crippen molar-refractivity contribution in [2.24, 2.45) is 0 Å². The summed E-state index contributed by atoms with van der Waals surface area (Å²) in [6, 6.07) is 8.80. The van der Waals surface area contributed by atoms with E-state index in [0.717, 1.165) is 0 Å². The molecule has 10 nitrogen and oxygen atoms in total. The Balaban J connectivity index is 2.40. The van der Waals surface area contributed by atoms with Crippen molar-refractivity contribution in [1.29, 1.82) is 0 Å². The molecule has 0 bridgehead atoms. The van der Waals surface area contributed by atoms with Gasteiger partial charge in [-0.3, -0.25) is 9.59 Å². The van der Waals surface area contributed by atoms with E-state index in [1.807, 2.05) is 0 Å². The van der Waals surface area contributed by atoms with Gasteiger partial charge in [-0.2, -0.15) is 0 Å². The molecular formula is C24H32O10. The number of benzene rings is 1. The quantitative estimate of drug-likeness (QED) is 0.263. The fourth-order valence-corrected chi connectivity index (χ4v) is 3.74. The van der Waals surface area contributed by atoms with Gasteiger partial charge in [-0.15, -0.1) is 0 Å². The third-order valence-corrected chi connectivity index (χ3v) is 5.39. The molecule has 0 radical (unpaired) electrons. The molecule has 10 heteroatoms. The van der Waals surface area contributed by atoms with Crippen molar-refractivity contribution in [2.45, 2.75) is 64.4 Å². The van der Waals surface area contributed by atoms with Gasteiger partial charge in [0, 0.05) is 20.3 Å². The van der Waals surface area contributed by atoms with Crippen molar-refractivity contribution in [3.63, 3.8) is 0 Å². The van der Waals surface area contributed by atoms with Crippen molar-refractivity contribution in [3.05, 3.63) is 35.9 Å². The third-order valence-electron chi connectivity index (χ3n) is 5.39. The number of carbonyl (C=O) groups is 4. The number of esters is 4. The maximum absolute atomic E-state index is 13.1. The van der Waals surface area contributed by atoms with Crippen LogP contribution in [0.2, 0.25) is 0 Å². The number of hydrogen-bond acceptors (Lipinski definition) is 10. The minimum atomic E-state index is -2.13. The Hall–Kier alpha value is -2.98.